The fraction of sp³-hybridized carbons (Fsp3) is 0.400. The van der Waals surface area contributed by atoms with Crippen molar-refractivity contribution in [2.45, 2.75) is 26.7 Å². The van der Waals surface area contributed by atoms with Gasteiger partial charge in [0.15, 0.2) is 5.43 Å². The van der Waals surface area contributed by atoms with Crippen molar-refractivity contribution >= 4 is 10.9 Å². The Hall–Kier alpha value is -1.97. The third kappa shape index (κ3) is 2.18. The van der Waals surface area contributed by atoms with Crippen LogP contribution in [-0.4, -0.2) is 19.2 Å². The number of hydrogen-bond acceptors (Lipinski definition) is 3. The third-order valence-electron chi connectivity index (χ3n) is 3.31. The summed E-state index contributed by atoms with van der Waals surface area (Å²) in [4.78, 5) is 15.9. The maximum absolute atomic E-state index is 12.6. The van der Waals surface area contributed by atoms with Crippen molar-refractivity contribution in [2.24, 2.45) is 0 Å². The van der Waals surface area contributed by atoms with Crippen molar-refractivity contribution < 1.29 is 9.47 Å². The summed E-state index contributed by atoms with van der Waals surface area (Å²) in [5.74, 6) is 1.37. The Labute approximate surface area is 112 Å². The summed E-state index contributed by atoms with van der Waals surface area (Å²) in [6, 6.07) is 3.55. The van der Waals surface area contributed by atoms with E-state index in [2.05, 4.69) is 4.98 Å². The van der Waals surface area contributed by atoms with Crippen LogP contribution >= 0.6 is 0 Å². The first-order chi connectivity index (χ1) is 8.99. The topological polar surface area (TPSA) is 51.3 Å². The van der Waals surface area contributed by atoms with E-state index in [-0.39, 0.29) is 11.3 Å². The quantitative estimate of drug-likeness (QED) is 0.924. The number of ether oxygens (including phenoxy) is 2. The van der Waals surface area contributed by atoms with Crippen molar-refractivity contribution in [2.75, 3.05) is 14.2 Å². The number of aromatic nitrogens is 1. The van der Waals surface area contributed by atoms with Gasteiger partial charge in [0.1, 0.15) is 11.5 Å². The zero-order chi connectivity index (χ0) is 14.2. The van der Waals surface area contributed by atoms with E-state index in [9.17, 15) is 4.79 Å². The first kappa shape index (κ1) is 13.5. The molecule has 1 aromatic heterocycles. The maximum atomic E-state index is 12.6. The minimum atomic E-state index is 0.0285. The van der Waals surface area contributed by atoms with Crippen molar-refractivity contribution in [3.63, 3.8) is 0 Å². The molecule has 0 spiro atoms. The van der Waals surface area contributed by atoms with Gasteiger partial charge in [0.2, 0.25) is 0 Å². The van der Waals surface area contributed by atoms with E-state index in [1.165, 1.54) is 0 Å². The van der Waals surface area contributed by atoms with Crippen LogP contribution in [0.5, 0.6) is 11.5 Å². The molecule has 0 saturated carbocycles. The number of rotatable bonds is 3. The zero-order valence-electron chi connectivity index (χ0n) is 12.0. The molecule has 0 aliphatic heterocycles. The second kappa shape index (κ2) is 4.96. The smallest absolute Gasteiger partial charge is 0.196 e. The molecule has 0 atom stereocenters. The van der Waals surface area contributed by atoms with E-state index in [1.54, 1.807) is 20.3 Å². The highest BCUT2D eigenvalue weighted by Crippen LogP contribution is 2.29. The van der Waals surface area contributed by atoms with Crippen LogP contribution in [0.25, 0.3) is 10.9 Å². The lowest BCUT2D eigenvalue weighted by Crippen LogP contribution is -2.15. The van der Waals surface area contributed by atoms with Gasteiger partial charge in [-0.15, -0.1) is 0 Å². The van der Waals surface area contributed by atoms with Crippen LogP contribution in [-0.2, 0) is 0 Å². The lowest BCUT2D eigenvalue weighted by atomic mass is 9.98. The van der Waals surface area contributed by atoms with Gasteiger partial charge >= 0.3 is 0 Å². The van der Waals surface area contributed by atoms with Gasteiger partial charge in [-0.3, -0.25) is 4.79 Å². The minimum Gasteiger partial charge on any atom is -0.497 e. The fourth-order valence-electron chi connectivity index (χ4n) is 2.47. The number of fused-ring (bicyclic) bond motifs is 1. The van der Waals surface area contributed by atoms with E-state index in [4.69, 9.17) is 9.47 Å². The molecule has 0 aliphatic rings. The maximum Gasteiger partial charge on any atom is 0.196 e. The molecule has 0 unspecified atom stereocenters. The van der Waals surface area contributed by atoms with Gasteiger partial charge in [0, 0.05) is 23.4 Å². The summed E-state index contributed by atoms with van der Waals surface area (Å²) >= 11 is 0. The Morgan fingerprint density at radius 3 is 2.37 bits per heavy atom. The van der Waals surface area contributed by atoms with Crippen molar-refractivity contribution in [1.82, 2.24) is 4.98 Å². The number of pyridine rings is 1. The Morgan fingerprint density at radius 1 is 1.16 bits per heavy atom. The highest BCUT2D eigenvalue weighted by molar-refractivity contribution is 5.87. The highest BCUT2D eigenvalue weighted by Gasteiger charge is 2.16. The minimum absolute atomic E-state index is 0.0285. The largest absolute Gasteiger partial charge is 0.497 e. The van der Waals surface area contributed by atoms with E-state index >= 15 is 0 Å². The van der Waals surface area contributed by atoms with Crippen LogP contribution in [0, 0.1) is 6.92 Å². The molecule has 0 bridgehead atoms. The number of H-pyrrole nitrogens is 1. The summed E-state index contributed by atoms with van der Waals surface area (Å²) in [6.07, 6.45) is 0. The SMILES string of the molecule is COc1cc(OC)c2c(=O)c(C(C)C)c(C)[nH]c2c1. The number of nitrogens with one attached hydrogen (secondary N) is 1. The number of aryl methyl sites for hydroxylation is 1. The molecular formula is C15H19NO3. The van der Waals surface area contributed by atoms with Gasteiger partial charge in [-0.1, -0.05) is 13.8 Å². The second-order valence-corrected chi connectivity index (χ2v) is 4.90. The molecule has 0 radical (unpaired) electrons. The molecule has 1 heterocycles. The van der Waals surface area contributed by atoms with E-state index in [1.807, 2.05) is 26.8 Å². The van der Waals surface area contributed by atoms with Crippen LogP contribution in [0.4, 0.5) is 0 Å². The van der Waals surface area contributed by atoms with Crippen molar-refractivity contribution in [3.05, 3.63) is 33.6 Å². The number of methoxy groups -OCH3 is 2. The molecule has 2 aromatic rings. The first-order valence-electron chi connectivity index (χ1n) is 6.28. The molecule has 19 heavy (non-hydrogen) atoms. The van der Waals surface area contributed by atoms with E-state index in [0.29, 0.717) is 16.9 Å². The zero-order valence-corrected chi connectivity index (χ0v) is 12.0. The molecule has 0 aliphatic carbocycles. The molecule has 0 saturated heterocycles. The van der Waals surface area contributed by atoms with Crippen LogP contribution in [0.15, 0.2) is 16.9 Å². The summed E-state index contributed by atoms with van der Waals surface area (Å²) in [5.41, 5.74) is 2.46. The molecule has 1 N–H and O–H groups in total. The summed E-state index contributed by atoms with van der Waals surface area (Å²) in [6.45, 7) is 5.95. The fourth-order valence-corrected chi connectivity index (χ4v) is 2.47. The van der Waals surface area contributed by atoms with Crippen LogP contribution in [0.3, 0.4) is 0 Å². The van der Waals surface area contributed by atoms with Crippen LogP contribution in [0.2, 0.25) is 0 Å². The lowest BCUT2D eigenvalue weighted by molar-refractivity contribution is 0.397. The standard InChI is InChI=1S/C15H19NO3/c1-8(2)13-9(3)16-11-6-10(18-4)7-12(19-5)14(11)15(13)17/h6-8H,1-5H3,(H,16,17). The van der Waals surface area contributed by atoms with Gasteiger partial charge in [-0.25, -0.2) is 0 Å². The molecular weight excluding hydrogens is 242 g/mol. The second-order valence-electron chi connectivity index (χ2n) is 4.90. The first-order valence-corrected chi connectivity index (χ1v) is 6.28. The molecule has 0 fully saturated rings. The van der Waals surface area contributed by atoms with Crippen LogP contribution in [0.1, 0.15) is 31.0 Å². The predicted octanol–water partition coefficient (Wildman–Crippen LogP) is 2.98. The number of aromatic amines is 1. The summed E-state index contributed by atoms with van der Waals surface area (Å²) in [5, 5.41) is 0.581. The Kier molecular flexibility index (Phi) is 3.51. The molecule has 1 aromatic carbocycles. The molecule has 4 heteroatoms. The Morgan fingerprint density at radius 2 is 1.84 bits per heavy atom. The molecule has 2 rings (SSSR count). The molecule has 0 amide bonds. The lowest BCUT2D eigenvalue weighted by Gasteiger charge is -2.14. The normalized spacial score (nSPS) is 11.1. The number of benzene rings is 1. The van der Waals surface area contributed by atoms with E-state index < -0.39 is 0 Å². The van der Waals surface area contributed by atoms with Gasteiger partial charge in [0.05, 0.1) is 25.1 Å². The predicted molar refractivity (Wildman–Crippen MR) is 76.5 cm³/mol. The number of hydrogen-bond donors (Lipinski definition) is 1. The third-order valence-corrected chi connectivity index (χ3v) is 3.31. The van der Waals surface area contributed by atoms with Gasteiger partial charge in [-0.2, -0.15) is 0 Å². The highest BCUT2D eigenvalue weighted by atomic mass is 16.5. The monoisotopic (exact) mass is 261 g/mol. The molecule has 102 valence electrons. The summed E-state index contributed by atoms with van der Waals surface area (Å²) < 4.78 is 10.5. The molecule has 4 nitrogen and oxygen atoms in total. The Balaban J connectivity index is 2.92. The van der Waals surface area contributed by atoms with Gasteiger partial charge in [-0.05, 0) is 12.8 Å². The van der Waals surface area contributed by atoms with Gasteiger partial charge < -0.3 is 14.5 Å². The van der Waals surface area contributed by atoms with Crippen molar-refractivity contribution in [3.8, 4) is 11.5 Å². The van der Waals surface area contributed by atoms with Crippen molar-refractivity contribution in [1.29, 1.82) is 0 Å². The van der Waals surface area contributed by atoms with Gasteiger partial charge in [0.25, 0.3) is 0 Å². The van der Waals surface area contributed by atoms with Crippen LogP contribution < -0.4 is 14.9 Å². The Bertz CT molecular complexity index is 671. The average Bonchev–Trinajstić information content (AvgIpc) is 2.36. The van der Waals surface area contributed by atoms with E-state index in [0.717, 1.165) is 16.8 Å². The average molecular weight is 261 g/mol. The summed E-state index contributed by atoms with van der Waals surface area (Å²) in [7, 11) is 3.15.